The van der Waals surface area contributed by atoms with Crippen LogP contribution in [0.3, 0.4) is 0 Å². The number of benzene rings is 1. The summed E-state index contributed by atoms with van der Waals surface area (Å²) in [5.74, 6) is -0.333. The molecule has 3 aromatic rings. The number of hydrogen-bond acceptors (Lipinski definition) is 9. The summed E-state index contributed by atoms with van der Waals surface area (Å²) in [6.45, 7) is 3.35. The van der Waals surface area contributed by atoms with Crippen LogP contribution in [0.15, 0.2) is 51.1 Å². The molecular weight excluding hydrogens is 488 g/mol. The Morgan fingerprint density at radius 2 is 1.47 bits per heavy atom. The van der Waals surface area contributed by atoms with Crippen molar-refractivity contribution in [3.63, 3.8) is 0 Å². The van der Waals surface area contributed by atoms with E-state index in [-0.39, 0.29) is 34.9 Å². The zero-order valence-electron chi connectivity index (χ0n) is 20.4. The average Bonchev–Trinajstić information content (AvgIpc) is 3.26. The zero-order valence-corrected chi connectivity index (χ0v) is 21.2. The van der Waals surface area contributed by atoms with E-state index in [0.717, 1.165) is 4.57 Å². The summed E-state index contributed by atoms with van der Waals surface area (Å²) < 4.78 is 28.9. The maximum Gasteiger partial charge on any atom is 0.332 e. The van der Waals surface area contributed by atoms with E-state index in [1.165, 1.54) is 30.1 Å². The van der Waals surface area contributed by atoms with Gasteiger partial charge in [-0.25, -0.2) is 18.2 Å². The van der Waals surface area contributed by atoms with Crippen molar-refractivity contribution in [2.45, 2.75) is 23.6 Å². The quantitative estimate of drug-likeness (QED) is 0.336. The van der Waals surface area contributed by atoms with Crippen LogP contribution >= 0.6 is 0 Å². The number of rotatable bonds is 9. The van der Waals surface area contributed by atoms with Crippen molar-refractivity contribution in [3.05, 3.63) is 57.5 Å². The molecule has 12 nitrogen and oxygen atoms in total. The minimum Gasteiger partial charge on any atom is -0.391 e. The minimum atomic E-state index is -3.56. The van der Waals surface area contributed by atoms with Gasteiger partial charge in [0, 0.05) is 53.4 Å². The summed E-state index contributed by atoms with van der Waals surface area (Å²) in [4.78, 5) is 33.2. The molecule has 3 heterocycles. The SMILES string of the molecule is Cn1c(=O)c2c(ncn2CC(O)CN2CCN(CC(O)CS(=O)(=O)c3ccccc3)CC2)n(C)c1=O. The second-order valence-electron chi connectivity index (χ2n) is 9.28. The molecule has 4 rings (SSSR count). The lowest BCUT2D eigenvalue weighted by molar-refractivity contribution is 0.0486. The van der Waals surface area contributed by atoms with Crippen molar-refractivity contribution < 1.29 is 18.6 Å². The van der Waals surface area contributed by atoms with Crippen LogP contribution in [0.4, 0.5) is 0 Å². The van der Waals surface area contributed by atoms with E-state index in [1.807, 2.05) is 4.90 Å². The van der Waals surface area contributed by atoms with Crippen LogP contribution in [0.2, 0.25) is 0 Å². The van der Waals surface area contributed by atoms with Crippen LogP contribution < -0.4 is 11.2 Å². The molecule has 1 saturated heterocycles. The van der Waals surface area contributed by atoms with E-state index in [1.54, 1.807) is 29.8 Å². The van der Waals surface area contributed by atoms with Crippen LogP contribution in [-0.2, 0) is 30.5 Å². The Morgan fingerprint density at radius 1 is 0.889 bits per heavy atom. The van der Waals surface area contributed by atoms with Crippen molar-refractivity contribution >= 4 is 21.0 Å². The smallest absolute Gasteiger partial charge is 0.332 e. The monoisotopic (exact) mass is 520 g/mol. The van der Waals surface area contributed by atoms with Crippen LogP contribution in [0, 0.1) is 0 Å². The predicted molar refractivity (Wildman–Crippen MR) is 134 cm³/mol. The summed E-state index contributed by atoms with van der Waals surface area (Å²) in [7, 11) is -0.604. The van der Waals surface area contributed by atoms with Gasteiger partial charge in [-0.3, -0.25) is 23.7 Å². The lowest BCUT2D eigenvalue weighted by Crippen LogP contribution is -2.51. The number of nitrogens with zero attached hydrogens (tertiary/aromatic N) is 6. The molecule has 0 amide bonds. The molecule has 2 unspecified atom stereocenters. The average molecular weight is 521 g/mol. The number of β-amino-alcohol motifs (C(OH)–C–C–N with tert-alkyl or cyclic N) is 2. The molecule has 2 aromatic heterocycles. The molecule has 196 valence electrons. The van der Waals surface area contributed by atoms with E-state index in [0.29, 0.717) is 32.7 Å². The van der Waals surface area contributed by atoms with E-state index >= 15 is 0 Å². The lowest BCUT2D eigenvalue weighted by atomic mass is 10.2. The van der Waals surface area contributed by atoms with Gasteiger partial charge in [-0.05, 0) is 12.1 Å². The molecule has 0 spiro atoms. The number of hydrogen-bond donors (Lipinski definition) is 2. The number of fused-ring (bicyclic) bond motifs is 1. The Labute approximate surface area is 208 Å². The van der Waals surface area contributed by atoms with Crippen molar-refractivity contribution in [1.82, 2.24) is 28.5 Å². The van der Waals surface area contributed by atoms with Crippen molar-refractivity contribution in [3.8, 4) is 0 Å². The van der Waals surface area contributed by atoms with Gasteiger partial charge < -0.3 is 14.8 Å². The molecule has 2 atom stereocenters. The molecule has 2 N–H and O–H groups in total. The molecule has 1 aromatic carbocycles. The largest absolute Gasteiger partial charge is 0.391 e. The maximum absolute atomic E-state index is 12.6. The fourth-order valence-corrected chi connectivity index (χ4v) is 5.98. The second-order valence-corrected chi connectivity index (χ2v) is 11.3. The van der Waals surface area contributed by atoms with Crippen molar-refractivity contribution in [2.75, 3.05) is 45.0 Å². The summed E-state index contributed by atoms with van der Waals surface area (Å²) >= 11 is 0. The molecule has 1 aliphatic heterocycles. The number of aliphatic hydroxyl groups excluding tert-OH is 2. The highest BCUT2D eigenvalue weighted by molar-refractivity contribution is 7.91. The van der Waals surface area contributed by atoms with Crippen LogP contribution in [0.5, 0.6) is 0 Å². The molecular formula is C23H32N6O6S. The van der Waals surface area contributed by atoms with Gasteiger partial charge in [0.15, 0.2) is 21.0 Å². The fraction of sp³-hybridized carbons (Fsp3) is 0.522. The topological polar surface area (TPSA) is 143 Å². The highest BCUT2D eigenvalue weighted by Crippen LogP contribution is 2.13. The number of aromatic nitrogens is 4. The van der Waals surface area contributed by atoms with Gasteiger partial charge in [0.1, 0.15) is 0 Å². The third-order valence-electron chi connectivity index (χ3n) is 6.54. The van der Waals surface area contributed by atoms with Gasteiger partial charge in [-0.2, -0.15) is 0 Å². The van der Waals surface area contributed by atoms with E-state index < -0.39 is 33.3 Å². The normalized spacial score (nSPS) is 17.4. The van der Waals surface area contributed by atoms with Gasteiger partial charge in [0.05, 0.1) is 35.7 Å². The number of aryl methyl sites for hydroxylation is 1. The summed E-state index contributed by atoms with van der Waals surface area (Å²) in [6, 6.07) is 8.11. The molecule has 0 aliphatic carbocycles. The Kier molecular flexibility index (Phi) is 7.76. The zero-order chi connectivity index (χ0) is 26.0. The van der Waals surface area contributed by atoms with Crippen LogP contribution in [-0.4, -0.2) is 104 Å². The van der Waals surface area contributed by atoms with Gasteiger partial charge in [-0.1, -0.05) is 18.2 Å². The molecule has 36 heavy (non-hydrogen) atoms. The van der Waals surface area contributed by atoms with E-state index in [4.69, 9.17) is 0 Å². The number of sulfone groups is 1. The number of imidazole rings is 1. The van der Waals surface area contributed by atoms with Crippen LogP contribution in [0.1, 0.15) is 0 Å². The van der Waals surface area contributed by atoms with Gasteiger partial charge in [-0.15, -0.1) is 0 Å². The fourth-order valence-electron chi connectivity index (χ4n) is 4.60. The maximum atomic E-state index is 12.6. The Hall–Kier alpha value is -2.84. The molecule has 1 fully saturated rings. The summed E-state index contributed by atoms with van der Waals surface area (Å²) in [5, 5.41) is 21.1. The third kappa shape index (κ3) is 5.60. The first kappa shape index (κ1) is 26.2. The van der Waals surface area contributed by atoms with Gasteiger partial charge >= 0.3 is 5.69 Å². The minimum absolute atomic E-state index is 0.153. The Bertz CT molecular complexity index is 1420. The third-order valence-corrected chi connectivity index (χ3v) is 8.36. The Morgan fingerprint density at radius 3 is 2.08 bits per heavy atom. The molecule has 1 aliphatic rings. The highest BCUT2D eigenvalue weighted by Gasteiger charge is 2.25. The molecule has 0 bridgehead atoms. The van der Waals surface area contributed by atoms with Crippen molar-refractivity contribution in [1.29, 1.82) is 0 Å². The van der Waals surface area contributed by atoms with Crippen LogP contribution in [0.25, 0.3) is 11.2 Å². The Balaban J connectivity index is 1.28. The summed E-state index contributed by atoms with van der Waals surface area (Å²) in [5.41, 5.74) is -0.377. The van der Waals surface area contributed by atoms with E-state index in [9.17, 15) is 28.2 Å². The number of aliphatic hydroxyl groups is 2. The standard InChI is InChI=1S/C23H32N6O6S/c1-25-21-20(22(32)26(2)23(25)33)29(16-24-21)14-17(30)12-27-8-10-28(11-9-27)13-18(31)15-36(34,35)19-6-4-3-5-7-19/h3-7,16-18,30-31H,8-15H2,1-2H3. The first-order valence-corrected chi connectivity index (χ1v) is 13.4. The van der Waals surface area contributed by atoms with Crippen molar-refractivity contribution in [2.24, 2.45) is 14.1 Å². The molecule has 0 radical (unpaired) electrons. The summed E-state index contributed by atoms with van der Waals surface area (Å²) in [6.07, 6.45) is -0.310. The second kappa shape index (κ2) is 10.6. The lowest BCUT2D eigenvalue weighted by Gasteiger charge is -2.36. The predicted octanol–water partition coefficient (Wildman–Crippen LogP) is -1.75. The molecule has 0 saturated carbocycles. The number of piperazine rings is 1. The van der Waals surface area contributed by atoms with Gasteiger partial charge in [0.25, 0.3) is 5.56 Å². The first-order chi connectivity index (χ1) is 17.1. The first-order valence-electron chi connectivity index (χ1n) is 11.8. The highest BCUT2D eigenvalue weighted by atomic mass is 32.2. The van der Waals surface area contributed by atoms with E-state index in [2.05, 4.69) is 9.88 Å². The van der Waals surface area contributed by atoms with Gasteiger partial charge in [0.2, 0.25) is 0 Å². The molecule has 13 heteroatoms.